The molecule has 0 radical (unpaired) electrons. The van der Waals surface area contributed by atoms with Crippen molar-refractivity contribution in [3.8, 4) is 0 Å². The molecule has 2 aliphatic carbocycles. The Morgan fingerprint density at radius 3 is 2.45 bits per heavy atom. The summed E-state index contributed by atoms with van der Waals surface area (Å²) in [5.41, 5.74) is -0.146. The Morgan fingerprint density at radius 1 is 1.35 bits per heavy atom. The number of ether oxygens (including phenoxy) is 1. The highest BCUT2D eigenvalue weighted by atomic mass is 32.2. The third kappa shape index (κ3) is 3.35. The molecule has 0 heterocycles. The normalized spacial score (nSPS) is 29.0. The van der Waals surface area contributed by atoms with Gasteiger partial charge in [-0.3, -0.25) is 0 Å². The van der Waals surface area contributed by atoms with Gasteiger partial charge in [0.1, 0.15) is 0 Å². The van der Waals surface area contributed by atoms with Gasteiger partial charge in [0, 0.05) is 30.1 Å². The Bertz CT molecular complexity index is 443. The fourth-order valence-corrected chi connectivity index (χ4v) is 4.72. The van der Waals surface area contributed by atoms with Crippen molar-refractivity contribution in [2.24, 2.45) is 5.41 Å². The van der Waals surface area contributed by atoms with E-state index in [4.69, 9.17) is 4.74 Å². The summed E-state index contributed by atoms with van der Waals surface area (Å²) in [6.45, 7) is 7.29. The molecule has 0 amide bonds. The average molecular weight is 304 g/mol. The van der Waals surface area contributed by atoms with Crippen molar-refractivity contribution in [1.29, 1.82) is 0 Å². The monoisotopic (exact) mass is 304 g/mol. The van der Waals surface area contributed by atoms with Crippen molar-refractivity contribution in [2.75, 3.05) is 19.4 Å². The molecule has 0 bridgehead atoms. The van der Waals surface area contributed by atoms with Crippen LogP contribution in [0.5, 0.6) is 0 Å². The number of hydrogen-bond acceptors (Lipinski definition) is 4. The van der Waals surface area contributed by atoms with Crippen LogP contribution in [0.4, 0.5) is 0 Å². The Kier molecular flexibility index (Phi) is 4.50. The van der Waals surface area contributed by atoms with Gasteiger partial charge in [-0.15, -0.1) is 0 Å². The molecule has 2 atom stereocenters. The summed E-state index contributed by atoms with van der Waals surface area (Å²) in [5, 5.41) is 3.56. The average Bonchev–Trinajstić information content (AvgIpc) is 2.15. The van der Waals surface area contributed by atoms with Crippen LogP contribution in [-0.2, 0) is 14.8 Å². The fourth-order valence-electron chi connectivity index (χ4n) is 3.64. The molecule has 2 unspecified atom stereocenters. The Labute approximate surface area is 122 Å². The van der Waals surface area contributed by atoms with Crippen LogP contribution in [0.25, 0.3) is 0 Å². The molecule has 0 saturated heterocycles. The molecule has 0 aromatic rings. The molecule has 0 aromatic heterocycles. The lowest BCUT2D eigenvalue weighted by molar-refractivity contribution is -0.173. The first kappa shape index (κ1) is 16.2. The molecule has 0 aliphatic heterocycles. The number of hydrogen-bond donors (Lipinski definition) is 2. The van der Waals surface area contributed by atoms with Gasteiger partial charge in [-0.25, -0.2) is 13.1 Å². The van der Waals surface area contributed by atoms with Crippen molar-refractivity contribution in [2.45, 2.75) is 64.1 Å². The Morgan fingerprint density at radius 2 is 2.00 bits per heavy atom. The lowest BCUT2D eigenvalue weighted by Crippen LogP contribution is -2.68. The number of sulfonamides is 1. The van der Waals surface area contributed by atoms with Crippen molar-refractivity contribution in [3.63, 3.8) is 0 Å². The van der Waals surface area contributed by atoms with Gasteiger partial charge in [-0.2, -0.15) is 0 Å². The summed E-state index contributed by atoms with van der Waals surface area (Å²) < 4.78 is 31.2. The highest BCUT2D eigenvalue weighted by Gasteiger charge is 2.58. The minimum Gasteiger partial charge on any atom is -0.378 e. The van der Waals surface area contributed by atoms with E-state index in [1.165, 1.54) is 25.5 Å². The van der Waals surface area contributed by atoms with E-state index in [9.17, 15) is 8.42 Å². The van der Waals surface area contributed by atoms with E-state index in [0.717, 1.165) is 13.0 Å². The maximum Gasteiger partial charge on any atom is 0.209 e. The standard InChI is InChI=1S/C14H28N2O3S/c1-5-19-12-9-11(14(12)7-6-8-14)15-10-13(2,3)16-20(4,17)18/h11-12,15-16H,5-10H2,1-4H3. The van der Waals surface area contributed by atoms with Gasteiger partial charge in [-0.1, -0.05) is 6.42 Å². The van der Waals surface area contributed by atoms with Crippen LogP contribution in [0.3, 0.4) is 0 Å². The Hall–Kier alpha value is -0.170. The molecule has 2 N–H and O–H groups in total. The highest BCUT2D eigenvalue weighted by Crippen LogP contribution is 2.57. The minimum absolute atomic E-state index is 0.317. The fraction of sp³-hybridized carbons (Fsp3) is 1.00. The quantitative estimate of drug-likeness (QED) is 0.743. The maximum atomic E-state index is 11.3. The molecular weight excluding hydrogens is 276 g/mol. The maximum absolute atomic E-state index is 11.3. The largest absolute Gasteiger partial charge is 0.378 e. The van der Waals surface area contributed by atoms with Gasteiger partial charge >= 0.3 is 0 Å². The van der Waals surface area contributed by atoms with Gasteiger partial charge in [-0.05, 0) is 40.0 Å². The molecule has 2 saturated carbocycles. The topological polar surface area (TPSA) is 67.4 Å². The van der Waals surface area contributed by atoms with E-state index < -0.39 is 15.6 Å². The summed E-state index contributed by atoms with van der Waals surface area (Å²) in [6, 6.07) is 0.466. The van der Waals surface area contributed by atoms with Crippen LogP contribution < -0.4 is 10.0 Å². The van der Waals surface area contributed by atoms with Gasteiger partial charge in [0.15, 0.2) is 0 Å². The third-order valence-corrected chi connectivity index (χ3v) is 5.61. The second-order valence-electron chi connectivity index (χ2n) is 6.96. The lowest BCUT2D eigenvalue weighted by atomic mass is 9.51. The summed E-state index contributed by atoms with van der Waals surface area (Å²) in [7, 11) is -3.17. The van der Waals surface area contributed by atoms with E-state index in [-0.39, 0.29) is 0 Å². The second kappa shape index (κ2) is 5.55. The predicted molar refractivity (Wildman–Crippen MR) is 80.2 cm³/mol. The van der Waals surface area contributed by atoms with E-state index in [0.29, 0.717) is 24.1 Å². The van der Waals surface area contributed by atoms with E-state index in [1.54, 1.807) is 0 Å². The summed E-state index contributed by atoms with van der Waals surface area (Å²) in [6.07, 6.45) is 6.39. The summed E-state index contributed by atoms with van der Waals surface area (Å²) in [5.74, 6) is 0. The van der Waals surface area contributed by atoms with Crippen LogP contribution in [-0.4, -0.2) is 45.5 Å². The lowest BCUT2D eigenvalue weighted by Gasteiger charge is -2.61. The number of nitrogens with one attached hydrogen (secondary N) is 2. The molecule has 6 heteroatoms. The molecule has 118 valence electrons. The van der Waals surface area contributed by atoms with Crippen LogP contribution in [0.15, 0.2) is 0 Å². The van der Waals surface area contributed by atoms with Gasteiger partial charge in [0.25, 0.3) is 0 Å². The summed E-state index contributed by atoms with van der Waals surface area (Å²) in [4.78, 5) is 0. The zero-order valence-electron chi connectivity index (χ0n) is 13.0. The highest BCUT2D eigenvalue weighted by molar-refractivity contribution is 7.88. The molecule has 2 rings (SSSR count). The minimum atomic E-state index is -3.17. The molecule has 0 aromatic carbocycles. The summed E-state index contributed by atoms with van der Waals surface area (Å²) >= 11 is 0. The molecule has 2 aliphatic rings. The van der Waals surface area contributed by atoms with Crippen molar-refractivity contribution in [3.05, 3.63) is 0 Å². The predicted octanol–water partition coefficient (Wildman–Crippen LogP) is 1.25. The second-order valence-corrected chi connectivity index (χ2v) is 8.71. The molecule has 1 spiro atoms. The SMILES string of the molecule is CCOC1CC(NCC(C)(C)NS(C)(=O)=O)C12CCC2. The molecular formula is C14H28N2O3S. The van der Waals surface area contributed by atoms with Crippen molar-refractivity contribution < 1.29 is 13.2 Å². The Balaban J connectivity index is 1.86. The molecule has 5 nitrogen and oxygen atoms in total. The van der Waals surface area contributed by atoms with Gasteiger partial charge in [0.05, 0.1) is 12.4 Å². The van der Waals surface area contributed by atoms with E-state index in [2.05, 4.69) is 10.0 Å². The van der Waals surface area contributed by atoms with Crippen LogP contribution in [0.1, 0.15) is 46.5 Å². The van der Waals surface area contributed by atoms with Crippen LogP contribution >= 0.6 is 0 Å². The first-order valence-electron chi connectivity index (χ1n) is 7.52. The van der Waals surface area contributed by atoms with Crippen molar-refractivity contribution in [1.82, 2.24) is 10.0 Å². The first-order chi connectivity index (χ1) is 9.19. The van der Waals surface area contributed by atoms with E-state index >= 15 is 0 Å². The molecule has 20 heavy (non-hydrogen) atoms. The smallest absolute Gasteiger partial charge is 0.209 e. The van der Waals surface area contributed by atoms with E-state index in [1.807, 2.05) is 20.8 Å². The number of rotatable bonds is 7. The third-order valence-electron chi connectivity index (χ3n) is 4.69. The zero-order valence-corrected chi connectivity index (χ0v) is 13.8. The van der Waals surface area contributed by atoms with Crippen molar-refractivity contribution >= 4 is 10.0 Å². The van der Waals surface area contributed by atoms with Crippen LogP contribution in [0, 0.1) is 5.41 Å². The molecule has 2 fully saturated rings. The van der Waals surface area contributed by atoms with Crippen LogP contribution in [0.2, 0.25) is 0 Å². The van der Waals surface area contributed by atoms with Gasteiger partial charge in [0.2, 0.25) is 10.0 Å². The zero-order chi connectivity index (χ0) is 15.0. The van der Waals surface area contributed by atoms with Gasteiger partial charge < -0.3 is 10.1 Å². The first-order valence-corrected chi connectivity index (χ1v) is 9.42.